The average molecular weight is 318 g/mol. The second-order valence-corrected chi connectivity index (χ2v) is 7.31. The van der Waals surface area contributed by atoms with Crippen molar-refractivity contribution in [2.24, 2.45) is 5.73 Å². The maximum atomic E-state index is 12.3. The lowest BCUT2D eigenvalue weighted by molar-refractivity contribution is 0.482. The van der Waals surface area contributed by atoms with Crippen molar-refractivity contribution in [3.8, 4) is 11.5 Å². The SMILES string of the molecule is NCC1CCN(c2ccc(Oc3ccccc3)cc2)S1(=O)=O. The Balaban J connectivity index is 1.78. The molecule has 6 heteroatoms. The van der Waals surface area contributed by atoms with E-state index in [4.69, 9.17) is 10.5 Å². The van der Waals surface area contributed by atoms with Gasteiger partial charge in [-0.15, -0.1) is 0 Å². The van der Waals surface area contributed by atoms with Gasteiger partial charge in [0.25, 0.3) is 0 Å². The molecule has 5 nitrogen and oxygen atoms in total. The zero-order valence-corrected chi connectivity index (χ0v) is 12.9. The third-order valence-corrected chi connectivity index (χ3v) is 6.03. The van der Waals surface area contributed by atoms with Crippen LogP contribution in [-0.2, 0) is 10.0 Å². The molecule has 3 rings (SSSR count). The Bertz CT molecular complexity index is 730. The molecular weight excluding hydrogens is 300 g/mol. The first-order chi connectivity index (χ1) is 10.6. The fourth-order valence-electron chi connectivity index (χ4n) is 2.54. The van der Waals surface area contributed by atoms with Gasteiger partial charge >= 0.3 is 0 Å². The molecule has 1 aliphatic heterocycles. The van der Waals surface area contributed by atoms with Gasteiger partial charge in [0.2, 0.25) is 10.0 Å². The second kappa shape index (κ2) is 5.98. The number of anilines is 1. The summed E-state index contributed by atoms with van der Waals surface area (Å²) in [5.74, 6) is 1.41. The Morgan fingerprint density at radius 3 is 2.27 bits per heavy atom. The molecule has 1 heterocycles. The minimum Gasteiger partial charge on any atom is -0.457 e. The van der Waals surface area contributed by atoms with Crippen molar-refractivity contribution in [1.82, 2.24) is 0 Å². The molecule has 22 heavy (non-hydrogen) atoms. The van der Waals surface area contributed by atoms with Crippen LogP contribution in [-0.4, -0.2) is 26.8 Å². The largest absolute Gasteiger partial charge is 0.457 e. The summed E-state index contributed by atoms with van der Waals surface area (Å²) in [5, 5.41) is -0.479. The third kappa shape index (κ3) is 2.80. The summed E-state index contributed by atoms with van der Waals surface area (Å²) in [7, 11) is -3.34. The van der Waals surface area contributed by atoms with E-state index in [1.54, 1.807) is 24.3 Å². The van der Waals surface area contributed by atoms with Gasteiger partial charge in [-0.1, -0.05) is 18.2 Å². The lowest BCUT2D eigenvalue weighted by Gasteiger charge is -2.19. The van der Waals surface area contributed by atoms with Crippen LogP contribution >= 0.6 is 0 Å². The van der Waals surface area contributed by atoms with Crippen LogP contribution in [0.25, 0.3) is 0 Å². The highest BCUT2D eigenvalue weighted by Crippen LogP contribution is 2.30. The number of para-hydroxylation sites is 1. The molecule has 116 valence electrons. The number of hydrogen-bond donors (Lipinski definition) is 1. The topological polar surface area (TPSA) is 72.6 Å². The van der Waals surface area contributed by atoms with Crippen LogP contribution in [0.2, 0.25) is 0 Å². The van der Waals surface area contributed by atoms with E-state index in [1.807, 2.05) is 30.3 Å². The Morgan fingerprint density at radius 1 is 1.05 bits per heavy atom. The molecule has 1 fully saturated rings. The number of ether oxygens (including phenoxy) is 1. The van der Waals surface area contributed by atoms with Crippen molar-refractivity contribution >= 4 is 15.7 Å². The number of nitrogens with two attached hydrogens (primary N) is 1. The first-order valence-electron chi connectivity index (χ1n) is 7.16. The van der Waals surface area contributed by atoms with Crippen LogP contribution in [0.15, 0.2) is 54.6 Å². The summed E-state index contributed by atoms with van der Waals surface area (Å²) < 4.78 is 31.8. The first kappa shape index (κ1) is 14.9. The average Bonchev–Trinajstić information content (AvgIpc) is 2.83. The van der Waals surface area contributed by atoms with Crippen molar-refractivity contribution in [3.63, 3.8) is 0 Å². The smallest absolute Gasteiger partial charge is 0.239 e. The molecular formula is C16H18N2O3S. The normalized spacial score (nSPS) is 20.0. The number of rotatable bonds is 4. The molecule has 0 bridgehead atoms. The Hall–Kier alpha value is -2.05. The van der Waals surface area contributed by atoms with Gasteiger partial charge in [-0.05, 0) is 42.8 Å². The van der Waals surface area contributed by atoms with Crippen LogP contribution in [0.5, 0.6) is 11.5 Å². The molecule has 1 unspecified atom stereocenters. The van der Waals surface area contributed by atoms with E-state index in [0.717, 1.165) is 5.75 Å². The van der Waals surface area contributed by atoms with Crippen molar-refractivity contribution in [3.05, 3.63) is 54.6 Å². The predicted molar refractivity (Wildman–Crippen MR) is 86.7 cm³/mol. The van der Waals surface area contributed by atoms with Gasteiger partial charge in [-0.3, -0.25) is 4.31 Å². The molecule has 0 aliphatic carbocycles. The van der Waals surface area contributed by atoms with E-state index in [-0.39, 0.29) is 6.54 Å². The van der Waals surface area contributed by atoms with Gasteiger partial charge < -0.3 is 10.5 Å². The molecule has 2 N–H and O–H groups in total. The molecule has 0 radical (unpaired) electrons. The molecule has 0 amide bonds. The molecule has 0 spiro atoms. The van der Waals surface area contributed by atoms with Gasteiger partial charge in [0.1, 0.15) is 11.5 Å². The van der Waals surface area contributed by atoms with Crippen molar-refractivity contribution in [2.75, 3.05) is 17.4 Å². The van der Waals surface area contributed by atoms with E-state index in [2.05, 4.69) is 0 Å². The quantitative estimate of drug-likeness (QED) is 0.939. The number of hydrogen-bond acceptors (Lipinski definition) is 4. The fraction of sp³-hybridized carbons (Fsp3) is 0.250. The van der Waals surface area contributed by atoms with Gasteiger partial charge in [0.05, 0.1) is 10.9 Å². The maximum Gasteiger partial charge on any atom is 0.239 e. The highest BCUT2D eigenvalue weighted by Gasteiger charge is 2.37. The molecule has 2 aromatic rings. The Labute approximate surface area is 130 Å². The van der Waals surface area contributed by atoms with E-state index in [0.29, 0.717) is 24.4 Å². The summed E-state index contributed by atoms with van der Waals surface area (Å²) in [5.41, 5.74) is 6.18. The van der Waals surface area contributed by atoms with E-state index in [9.17, 15) is 8.42 Å². The lowest BCUT2D eigenvalue weighted by atomic mass is 10.2. The molecule has 0 saturated carbocycles. The predicted octanol–water partition coefficient (Wildman–Crippen LogP) is 2.35. The van der Waals surface area contributed by atoms with Crippen molar-refractivity contribution < 1.29 is 13.2 Å². The van der Waals surface area contributed by atoms with E-state index in [1.165, 1.54) is 4.31 Å². The van der Waals surface area contributed by atoms with Crippen LogP contribution in [0.4, 0.5) is 5.69 Å². The lowest BCUT2D eigenvalue weighted by Crippen LogP contribution is -2.33. The zero-order valence-electron chi connectivity index (χ0n) is 12.1. The summed E-state index contributed by atoms with van der Waals surface area (Å²) in [6, 6.07) is 16.5. The van der Waals surface area contributed by atoms with Crippen LogP contribution in [0, 0.1) is 0 Å². The molecule has 2 aromatic carbocycles. The third-order valence-electron chi connectivity index (χ3n) is 3.75. The van der Waals surface area contributed by atoms with Crippen LogP contribution < -0.4 is 14.8 Å². The molecule has 1 atom stereocenters. The summed E-state index contributed by atoms with van der Waals surface area (Å²) in [4.78, 5) is 0. The fourth-order valence-corrected chi connectivity index (χ4v) is 4.32. The number of nitrogens with zero attached hydrogens (tertiary/aromatic N) is 1. The van der Waals surface area contributed by atoms with Gasteiger partial charge in [-0.2, -0.15) is 0 Å². The van der Waals surface area contributed by atoms with Crippen molar-refractivity contribution in [1.29, 1.82) is 0 Å². The van der Waals surface area contributed by atoms with Gasteiger partial charge in [0, 0.05) is 13.1 Å². The van der Waals surface area contributed by atoms with Crippen molar-refractivity contribution in [2.45, 2.75) is 11.7 Å². The Morgan fingerprint density at radius 2 is 1.68 bits per heavy atom. The molecule has 1 saturated heterocycles. The van der Waals surface area contributed by atoms with Crippen LogP contribution in [0.3, 0.4) is 0 Å². The molecule has 1 aliphatic rings. The Kier molecular flexibility index (Phi) is 4.04. The van der Waals surface area contributed by atoms with Gasteiger partial charge in [-0.25, -0.2) is 8.42 Å². The van der Waals surface area contributed by atoms with Crippen LogP contribution in [0.1, 0.15) is 6.42 Å². The highest BCUT2D eigenvalue weighted by atomic mass is 32.2. The maximum absolute atomic E-state index is 12.3. The summed E-state index contributed by atoms with van der Waals surface area (Å²) in [6.45, 7) is 0.636. The minimum atomic E-state index is -3.34. The first-order valence-corrected chi connectivity index (χ1v) is 8.66. The summed E-state index contributed by atoms with van der Waals surface area (Å²) in [6.07, 6.45) is 0.571. The number of benzene rings is 2. The minimum absolute atomic E-state index is 0.161. The summed E-state index contributed by atoms with van der Waals surface area (Å²) >= 11 is 0. The highest BCUT2D eigenvalue weighted by molar-refractivity contribution is 7.93. The van der Waals surface area contributed by atoms with E-state index >= 15 is 0 Å². The van der Waals surface area contributed by atoms with Gasteiger partial charge in [0.15, 0.2) is 0 Å². The zero-order chi connectivity index (χ0) is 15.6. The standard InChI is InChI=1S/C16H18N2O3S/c17-12-16-10-11-18(22(16,19)20)13-6-8-15(9-7-13)21-14-4-2-1-3-5-14/h1-9,16H,10-12,17H2. The van der Waals surface area contributed by atoms with E-state index < -0.39 is 15.3 Å². The molecule has 0 aromatic heterocycles. The number of sulfonamides is 1. The second-order valence-electron chi connectivity index (χ2n) is 5.17. The monoisotopic (exact) mass is 318 g/mol.